The lowest BCUT2D eigenvalue weighted by Crippen LogP contribution is -2.33. The van der Waals surface area contributed by atoms with Gasteiger partial charge in [0.05, 0.1) is 13.2 Å². The minimum absolute atomic E-state index is 0.135. The van der Waals surface area contributed by atoms with Gasteiger partial charge in [-0.2, -0.15) is 0 Å². The van der Waals surface area contributed by atoms with Crippen LogP contribution in [0.5, 0.6) is 0 Å². The van der Waals surface area contributed by atoms with Crippen LogP contribution in [-0.4, -0.2) is 54.5 Å². The van der Waals surface area contributed by atoms with Crippen LogP contribution in [0.3, 0.4) is 0 Å². The van der Waals surface area contributed by atoms with E-state index in [1.54, 1.807) is 0 Å². The molecule has 4 heteroatoms. The van der Waals surface area contributed by atoms with E-state index in [1.807, 2.05) is 0 Å². The maximum Gasteiger partial charge on any atom is 0.0558 e. The molecule has 1 aromatic carbocycles. The van der Waals surface area contributed by atoms with Crippen LogP contribution in [0, 0.1) is 6.92 Å². The Labute approximate surface area is 122 Å². The van der Waals surface area contributed by atoms with Crippen molar-refractivity contribution in [3.8, 4) is 0 Å². The van der Waals surface area contributed by atoms with Gasteiger partial charge < -0.3 is 15.5 Å². The van der Waals surface area contributed by atoms with Crippen LogP contribution in [0.2, 0.25) is 0 Å². The molecular formula is C16H28N2O2. The lowest BCUT2D eigenvalue weighted by molar-refractivity contribution is 0.156. The number of aliphatic hydroxyl groups is 2. The zero-order valence-electron chi connectivity index (χ0n) is 12.7. The number of benzene rings is 1. The van der Waals surface area contributed by atoms with Crippen molar-refractivity contribution in [1.82, 2.24) is 10.2 Å². The number of aryl methyl sites for hydroxylation is 1. The van der Waals surface area contributed by atoms with Crippen molar-refractivity contribution in [2.24, 2.45) is 0 Å². The second-order valence-corrected chi connectivity index (χ2v) is 5.04. The van der Waals surface area contributed by atoms with Crippen molar-refractivity contribution in [3.05, 3.63) is 35.4 Å². The highest BCUT2D eigenvalue weighted by Gasteiger charge is 2.14. The summed E-state index contributed by atoms with van der Waals surface area (Å²) in [5, 5.41) is 21.6. The molecule has 4 nitrogen and oxygen atoms in total. The van der Waals surface area contributed by atoms with Crippen LogP contribution in [0.15, 0.2) is 24.3 Å². The first kappa shape index (κ1) is 17.1. The highest BCUT2D eigenvalue weighted by Crippen LogP contribution is 2.20. The molecule has 1 atom stereocenters. The third-order valence-corrected chi connectivity index (χ3v) is 3.58. The average Bonchev–Trinajstić information content (AvgIpc) is 2.44. The van der Waals surface area contributed by atoms with E-state index < -0.39 is 0 Å². The molecule has 0 aliphatic rings. The van der Waals surface area contributed by atoms with E-state index in [-0.39, 0.29) is 13.2 Å². The van der Waals surface area contributed by atoms with Crippen LogP contribution < -0.4 is 5.32 Å². The number of hydrogen-bond acceptors (Lipinski definition) is 4. The monoisotopic (exact) mass is 280 g/mol. The highest BCUT2D eigenvalue weighted by atomic mass is 16.3. The van der Waals surface area contributed by atoms with Crippen molar-refractivity contribution < 1.29 is 10.2 Å². The van der Waals surface area contributed by atoms with Gasteiger partial charge in [0.1, 0.15) is 0 Å². The fraction of sp³-hybridized carbons (Fsp3) is 0.625. The summed E-state index contributed by atoms with van der Waals surface area (Å²) in [6.45, 7) is 7.56. The molecule has 0 aromatic heterocycles. The normalized spacial score (nSPS) is 12.8. The first-order valence-corrected chi connectivity index (χ1v) is 7.45. The third kappa shape index (κ3) is 5.59. The van der Waals surface area contributed by atoms with Crippen molar-refractivity contribution in [2.45, 2.75) is 26.3 Å². The van der Waals surface area contributed by atoms with Crippen LogP contribution >= 0.6 is 0 Å². The lowest BCUT2D eigenvalue weighted by atomic mass is 9.98. The zero-order chi connectivity index (χ0) is 14.8. The molecule has 0 saturated heterocycles. The predicted molar refractivity (Wildman–Crippen MR) is 82.8 cm³/mol. The average molecular weight is 280 g/mol. The Kier molecular flexibility index (Phi) is 8.46. The summed E-state index contributed by atoms with van der Waals surface area (Å²) in [6.07, 6.45) is 0.971. The summed E-state index contributed by atoms with van der Waals surface area (Å²) in [6, 6.07) is 8.77. The Morgan fingerprint density at radius 3 is 2.30 bits per heavy atom. The van der Waals surface area contributed by atoms with E-state index in [9.17, 15) is 0 Å². The lowest BCUT2D eigenvalue weighted by Gasteiger charge is -2.25. The molecule has 0 aliphatic heterocycles. The Hall–Kier alpha value is -0.940. The SMILES string of the molecule is CCNC(CCN(CCO)CCO)c1ccccc1C. The Balaban J connectivity index is 2.65. The molecule has 0 bridgehead atoms. The summed E-state index contributed by atoms with van der Waals surface area (Å²) >= 11 is 0. The third-order valence-electron chi connectivity index (χ3n) is 3.58. The van der Waals surface area contributed by atoms with Gasteiger partial charge in [-0.3, -0.25) is 4.90 Å². The first-order valence-electron chi connectivity index (χ1n) is 7.45. The van der Waals surface area contributed by atoms with Crippen molar-refractivity contribution in [3.63, 3.8) is 0 Å². The van der Waals surface area contributed by atoms with Gasteiger partial charge in [0.15, 0.2) is 0 Å². The zero-order valence-corrected chi connectivity index (χ0v) is 12.7. The number of hydrogen-bond donors (Lipinski definition) is 3. The van der Waals surface area contributed by atoms with Crippen LogP contribution in [-0.2, 0) is 0 Å². The van der Waals surface area contributed by atoms with Gasteiger partial charge in [0.2, 0.25) is 0 Å². The van der Waals surface area contributed by atoms with Gasteiger partial charge in [-0.1, -0.05) is 31.2 Å². The van der Waals surface area contributed by atoms with Crippen molar-refractivity contribution >= 4 is 0 Å². The molecule has 114 valence electrons. The molecule has 20 heavy (non-hydrogen) atoms. The van der Waals surface area contributed by atoms with Crippen LogP contribution in [0.1, 0.15) is 30.5 Å². The molecule has 1 unspecified atom stereocenters. The topological polar surface area (TPSA) is 55.7 Å². The highest BCUT2D eigenvalue weighted by molar-refractivity contribution is 5.28. The molecule has 0 spiro atoms. The second kappa shape index (κ2) is 9.88. The molecule has 0 fully saturated rings. The van der Waals surface area contributed by atoms with Gasteiger partial charge >= 0.3 is 0 Å². The minimum atomic E-state index is 0.135. The van der Waals surface area contributed by atoms with E-state index >= 15 is 0 Å². The van der Waals surface area contributed by atoms with Gasteiger partial charge in [-0.25, -0.2) is 0 Å². The van der Waals surface area contributed by atoms with E-state index in [0.717, 1.165) is 19.5 Å². The Morgan fingerprint density at radius 2 is 1.75 bits per heavy atom. The number of rotatable bonds is 10. The van der Waals surface area contributed by atoms with Gasteiger partial charge in [-0.05, 0) is 31.0 Å². The number of nitrogens with zero attached hydrogens (tertiary/aromatic N) is 1. The fourth-order valence-corrected chi connectivity index (χ4v) is 2.52. The smallest absolute Gasteiger partial charge is 0.0558 e. The van der Waals surface area contributed by atoms with Crippen molar-refractivity contribution in [2.75, 3.05) is 39.4 Å². The number of aliphatic hydroxyl groups excluding tert-OH is 2. The van der Waals surface area contributed by atoms with Crippen LogP contribution in [0.25, 0.3) is 0 Å². The molecule has 1 aromatic rings. The summed E-state index contributed by atoms with van der Waals surface area (Å²) < 4.78 is 0. The van der Waals surface area contributed by atoms with Crippen LogP contribution in [0.4, 0.5) is 0 Å². The van der Waals surface area contributed by atoms with E-state index in [1.165, 1.54) is 11.1 Å². The largest absolute Gasteiger partial charge is 0.395 e. The van der Waals surface area contributed by atoms with E-state index in [2.05, 4.69) is 48.3 Å². The Morgan fingerprint density at radius 1 is 1.10 bits per heavy atom. The van der Waals surface area contributed by atoms with E-state index in [4.69, 9.17) is 10.2 Å². The summed E-state index contributed by atoms with van der Waals surface area (Å²) in [4.78, 5) is 2.10. The quantitative estimate of drug-likeness (QED) is 0.605. The summed E-state index contributed by atoms with van der Waals surface area (Å²) in [5.74, 6) is 0. The molecule has 1 rings (SSSR count). The molecule has 0 aliphatic carbocycles. The Bertz CT molecular complexity index is 365. The maximum atomic E-state index is 9.05. The fourth-order valence-electron chi connectivity index (χ4n) is 2.52. The molecule has 3 N–H and O–H groups in total. The number of nitrogens with one attached hydrogen (secondary N) is 1. The molecule has 0 saturated carbocycles. The second-order valence-electron chi connectivity index (χ2n) is 5.04. The van der Waals surface area contributed by atoms with Gasteiger partial charge in [0, 0.05) is 25.7 Å². The molecule has 0 radical (unpaired) electrons. The first-order chi connectivity index (χ1) is 9.72. The molecule has 0 heterocycles. The van der Waals surface area contributed by atoms with Gasteiger partial charge in [0.25, 0.3) is 0 Å². The minimum Gasteiger partial charge on any atom is -0.395 e. The standard InChI is InChI=1S/C16H28N2O2/c1-3-17-16(15-7-5-4-6-14(15)2)8-9-18(10-12-19)11-13-20/h4-7,16-17,19-20H,3,8-13H2,1-2H3. The summed E-state index contributed by atoms with van der Waals surface area (Å²) in [7, 11) is 0. The maximum absolute atomic E-state index is 9.05. The van der Waals surface area contributed by atoms with Gasteiger partial charge in [-0.15, -0.1) is 0 Å². The molecule has 0 amide bonds. The summed E-state index contributed by atoms with van der Waals surface area (Å²) in [5.41, 5.74) is 2.64. The predicted octanol–water partition coefficient (Wildman–Crippen LogP) is 1.32. The van der Waals surface area contributed by atoms with Crippen molar-refractivity contribution in [1.29, 1.82) is 0 Å². The molecular weight excluding hydrogens is 252 g/mol. The van der Waals surface area contributed by atoms with E-state index in [0.29, 0.717) is 19.1 Å².